The summed E-state index contributed by atoms with van der Waals surface area (Å²) in [5, 5.41) is 3.76. The van der Waals surface area contributed by atoms with Gasteiger partial charge in [0.05, 0.1) is 31.5 Å². The van der Waals surface area contributed by atoms with Gasteiger partial charge in [-0.3, -0.25) is 0 Å². The van der Waals surface area contributed by atoms with E-state index < -0.39 is 5.97 Å². The molecular weight excluding hydrogens is 322 g/mol. The fourth-order valence-corrected chi connectivity index (χ4v) is 3.78. The standard InChI is InChI=1S/C18H21N3O4/c1-20-13-6-4-3-5-12(13)14(15(20)16(22)24-2)19-17(23)21-8-7-18(9-21)10-25-11-18/h3-6H,7-11H2,1-2H3,(H,19,23). The van der Waals surface area contributed by atoms with Crippen molar-refractivity contribution in [2.24, 2.45) is 12.5 Å². The number of carbonyl (C=O) groups excluding carboxylic acids is 2. The maximum atomic E-state index is 12.8. The molecule has 25 heavy (non-hydrogen) atoms. The molecule has 2 fully saturated rings. The van der Waals surface area contributed by atoms with E-state index in [9.17, 15) is 9.59 Å². The smallest absolute Gasteiger partial charge is 0.356 e. The van der Waals surface area contributed by atoms with Crippen molar-refractivity contribution in [3.8, 4) is 0 Å². The number of hydrogen-bond acceptors (Lipinski definition) is 4. The lowest BCUT2D eigenvalue weighted by molar-refractivity contribution is -0.103. The lowest BCUT2D eigenvalue weighted by Crippen LogP contribution is -2.46. The van der Waals surface area contributed by atoms with Gasteiger partial charge in [-0.05, 0) is 12.5 Å². The monoisotopic (exact) mass is 343 g/mol. The molecule has 7 nitrogen and oxygen atoms in total. The van der Waals surface area contributed by atoms with Gasteiger partial charge in [0.15, 0.2) is 5.69 Å². The Labute approximate surface area is 145 Å². The van der Waals surface area contributed by atoms with Crippen LogP contribution in [0, 0.1) is 5.41 Å². The highest BCUT2D eigenvalue weighted by Crippen LogP contribution is 2.38. The highest BCUT2D eigenvalue weighted by atomic mass is 16.5. The molecule has 2 aliphatic heterocycles. The van der Waals surface area contributed by atoms with E-state index in [1.165, 1.54) is 7.11 Å². The number of anilines is 1. The number of fused-ring (bicyclic) bond motifs is 1. The van der Waals surface area contributed by atoms with Crippen LogP contribution in [0.25, 0.3) is 10.9 Å². The zero-order valence-electron chi connectivity index (χ0n) is 14.4. The minimum absolute atomic E-state index is 0.126. The number of nitrogens with zero attached hydrogens (tertiary/aromatic N) is 2. The maximum Gasteiger partial charge on any atom is 0.356 e. The van der Waals surface area contributed by atoms with Crippen LogP contribution in [-0.4, -0.2) is 54.9 Å². The van der Waals surface area contributed by atoms with Gasteiger partial charge in [-0.25, -0.2) is 9.59 Å². The number of benzene rings is 1. The first-order valence-corrected chi connectivity index (χ1v) is 8.34. The maximum absolute atomic E-state index is 12.8. The first-order valence-electron chi connectivity index (χ1n) is 8.34. The van der Waals surface area contributed by atoms with E-state index in [0.717, 1.165) is 30.5 Å². The number of aromatic nitrogens is 1. The fourth-order valence-electron chi connectivity index (χ4n) is 3.78. The van der Waals surface area contributed by atoms with Gasteiger partial charge in [0.1, 0.15) is 0 Å². The van der Waals surface area contributed by atoms with Gasteiger partial charge in [-0.15, -0.1) is 0 Å². The van der Waals surface area contributed by atoms with E-state index in [0.29, 0.717) is 24.5 Å². The number of urea groups is 1. The Bertz CT molecular complexity index is 853. The van der Waals surface area contributed by atoms with Crippen molar-refractivity contribution >= 4 is 28.6 Å². The molecule has 7 heteroatoms. The quantitative estimate of drug-likeness (QED) is 0.849. The van der Waals surface area contributed by atoms with Crippen LogP contribution in [0.1, 0.15) is 16.9 Å². The lowest BCUT2D eigenvalue weighted by Gasteiger charge is -2.37. The molecule has 2 aromatic rings. The molecule has 2 aliphatic rings. The van der Waals surface area contributed by atoms with Crippen LogP contribution >= 0.6 is 0 Å². The summed E-state index contributed by atoms with van der Waals surface area (Å²) >= 11 is 0. The van der Waals surface area contributed by atoms with Crippen LogP contribution in [-0.2, 0) is 16.5 Å². The number of rotatable bonds is 2. The molecule has 2 saturated heterocycles. The van der Waals surface area contributed by atoms with E-state index in [1.807, 2.05) is 24.3 Å². The molecule has 0 radical (unpaired) electrons. The SMILES string of the molecule is COC(=O)c1c(NC(=O)N2CCC3(COC3)C2)c2ccccc2n1C. The van der Waals surface area contributed by atoms with Crippen molar-refractivity contribution in [2.75, 3.05) is 38.7 Å². The van der Waals surface area contributed by atoms with Crippen LogP contribution in [0.15, 0.2) is 24.3 Å². The van der Waals surface area contributed by atoms with E-state index in [4.69, 9.17) is 9.47 Å². The summed E-state index contributed by atoms with van der Waals surface area (Å²) in [6.07, 6.45) is 0.958. The Morgan fingerprint density at radius 3 is 2.68 bits per heavy atom. The molecule has 1 N–H and O–H groups in total. The molecule has 1 aromatic heterocycles. The summed E-state index contributed by atoms with van der Waals surface area (Å²) in [6.45, 7) is 2.83. The molecule has 1 aromatic carbocycles. The van der Waals surface area contributed by atoms with Crippen molar-refractivity contribution in [1.82, 2.24) is 9.47 Å². The second-order valence-corrected chi connectivity index (χ2v) is 6.89. The minimum Gasteiger partial charge on any atom is -0.464 e. The second kappa shape index (κ2) is 5.77. The number of para-hydroxylation sites is 1. The molecule has 0 saturated carbocycles. The summed E-state index contributed by atoms with van der Waals surface area (Å²) in [5.41, 5.74) is 1.84. The number of methoxy groups -OCH3 is 1. The van der Waals surface area contributed by atoms with Crippen LogP contribution < -0.4 is 5.32 Å². The van der Waals surface area contributed by atoms with Crippen molar-refractivity contribution in [1.29, 1.82) is 0 Å². The Morgan fingerprint density at radius 1 is 1.28 bits per heavy atom. The number of carbonyl (C=O) groups is 2. The number of likely N-dealkylation sites (tertiary alicyclic amines) is 1. The van der Waals surface area contributed by atoms with Crippen molar-refractivity contribution < 1.29 is 19.1 Å². The Morgan fingerprint density at radius 2 is 2.04 bits per heavy atom. The van der Waals surface area contributed by atoms with E-state index >= 15 is 0 Å². The first-order chi connectivity index (χ1) is 12.0. The number of aryl methyl sites for hydroxylation is 1. The van der Waals surface area contributed by atoms with Crippen molar-refractivity contribution in [3.63, 3.8) is 0 Å². The number of ether oxygens (including phenoxy) is 2. The molecule has 2 amide bonds. The van der Waals surface area contributed by atoms with E-state index in [-0.39, 0.29) is 11.4 Å². The third-order valence-electron chi connectivity index (χ3n) is 5.26. The average molecular weight is 343 g/mol. The number of hydrogen-bond donors (Lipinski definition) is 1. The molecule has 132 valence electrons. The van der Waals surface area contributed by atoms with Crippen LogP contribution in [0.3, 0.4) is 0 Å². The number of esters is 1. The minimum atomic E-state index is -0.473. The van der Waals surface area contributed by atoms with Gasteiger partial charge in [-0.1, -0.05) is 18.2 Å². The zero-order chi connectivity index (χ0) is 17.6. The van der Waals surface area contributed by atoms with Gasteiger partial charge >= 0.3 is 12.0 Å². The van der Waals surface area contributed by atoms with Gasteiger partial charge in [0, 0.05) is 30.9 Å². The highest BCUT2D eigenvalue weighted by Gasteiger charge is 2.45. The topological polar surface area (TPSA) is 72.8 Å². The molecule has 0 unspecified atom stereocenters. The van der Waals surface area contributed by atoms with Gasteiger partial charge < -0.3 is 24.3 Å². The zero-order valence-corrected chi connectivity index (χ0v) is 14.4. The first kappa shape index (κ1) is 16.0. The molecule has 3 heterocycles. The second-order valence-electron chi connectivity index (χ2n) is 6.89. The van der Waals surface area contributed by atoms with Gasteiger partial charge in [0.25, 0.3) is 0 Å². The average Bonchev–Trinajstić information content (AvgIpc) is 3.16. The Kier molecular flexibility index (Phi) is 3.68. The summed E-state index contributed by atoms with van der Waals surface area (Å²) in [6, 6.07) is 7.40. The molecular formula is C18H21N3O4. The summed E-state index contributed by atoms with van der Waals surface area (Å²) in [7, 11) is 3.13. The predicted molar refractivity (Wildman–Crippen MR) is 92.7 cm³/mol. The lowest BCUT2D eigenvalue weighted by atomic mass is 9.85. The molecule has 1 spiro atoms. The number of nitrogens with one attached hydrogen (secondary N) is 1. The molecule has 4 rings (SSSR count). The fraction of sp³-hybridized carbons (Fsp3) is 0.444. The van der Waals surface area contributed by atoms with Crippen LogP contribution in [0.2, 0.25) is 0 Å². The van der Waals surface area contributed by atoms with E-state index in [1.54, 1.807) is 16.5 Å². The van der Waals surface area contributed by atoms with Crippen LogP contribution in [0.4, 0.5) is 10.5 Å². The van der Waals surface area contributed by atoms with Gasteiger partial charge in [-0.2, -0.15) is 0 Å². The summed E-state index contributed by atoms with van der Waals surface area (Å²) in [4.78, 5) is 26.8. The molecule has 0 aliphatic carbocycles. The summed E-state index contributed by atoms with van der Waals surface area (Å²) < 4.78 is 12.0. The van der Waals surface area contributed by atoms with Gasteiger partial charge in [0.2, 0.25) is 0 Å². The predicted octanol–water partition coefficient (Wildman–Crippen LogP) is 2.22. The van der Waals surface area contributed by atoms with E-state index in [2.05, 4.69) is 5.32 Å². The van der Waals surface area contributed by atoms with Crippen LogP contribution in [0.5, 0.6) is 0 Å². The Balaban J connectivity index is 1.66. The molecule has 0 bridgehead atoms. The Hall–Kier alpha value is -2.54. The molecule has 0 atom stereocenters. The normalized spacial score (nSPS) is 18.4. The largest absolute Gasteiger partial charge is 0.464 e. The third-order valence-corrected chi connectivity index (χ3v) is 5.26. The highest BCUT2D eigenvalue weighted by molar-refractivity contribution is 6.11. The van der Waals surface area contributed by atoms with Crippen molar-refractivity contribution in [2.45, 2.75) is 6.42 Å². The number of amides is 2. The van der Waals surface area contributed by atoms with Crippen molar-refractivity contribution in [3.05, 3.63) is 30.0 Å². The third kappa shape index (κ3) is 2.46. The summed E-state index contributed by atoms with van der Waals surface area (Å²) in [5.74, 6) is -0.473.